The lowest BCUT2D eigenvalue weighted by Crippen LogP contribution is -2.44. The molecule has 1 heterocycles. The Labute approximate surface area is 107 Å². The van der Waals surface area contributed by atoms with Gasteiger partial charge in [0.05, 0.1) is 0 Å². The molecule has 2 rings (SSSR count). The Hall–Kier alpha value is -0.0800. The molecule has 2 aliphatic rings. The molecule has 0 radical (unpaired) electrons. The first-order valence-corrected chi connectivity index (χ1v) is 7.39. The summed E-state index contributed by atoms with van der Waals surface area (Å²) in [5, 5.41) is 3.66. The van der Waals surface area contributed by atoms with E-state index in [4.69, 9.17) is 0 Å². The van der Waals surface area contributed by atoms with Gasteiger partial charge in [-0.15, -0.1) is 0 Å². The lowest BCUT2D eigenvalue weighted by Gasteiger charge is -2.35. The molecule has 0 spiro atoms. The Morgan fingerprint density at radius 1 is 1.24 bits per heavy atom. The van der Waals surface area contributed by atoms with Gasteiger partial charge in [0.2, 0.25) is 0 Å². The van der Waals surface area contributed by atoms with Crippen LogP contribution in [0.2, 0.25) is 0 Å². The maximum atomic E-state index is 3.66. The van der Waals surface area contributed by atoms with E-state index in [1.165, 1.54) is 51.7 Å². The summed E-state index contributed by atoms with van der Waals surface area (Å²) in [4.78, 5) is 2.77. The van der Waals surface area contributed by atoms with Crippen molar-refractivity contribution in [2.45, 2.75) is 70.9 Å². The van der Waals surface area contributed by atoms with Crippen molar-refractivity contribution in [3.8, 4) is 0 Å². The Bertz CT molecular complexity index is 248. The molecule has 0 aromatic carbocycles. The average Bonchev–Trinajstić information content (AvgIpc) is 2.83. The monoisotopic (exact) mass is 238 g/mol. The molecule has 1 aliphatic heterocycles. The average molecular weight is 238 g/mol. The maximum absolute atomic E-state index is 3.66. The van der Waals surface area contributed by atoms with E-state index in [0.29, 0.717) is 5.54 Å². The molecular weight excluding hydrogens is 208 g/mol. The van der Waals surface area contributed by atoms with Crippen LogP contribution < -0.4 is 5.32 Å². The molecule has 0 amide bonds. The molecule has 0 aromatic rings. The van der Waals surface area contributed by atoms with Crippen LogP contribution in [0, 0.1) is 5.92 Å². The predicted octanol–water partition coefficient (Wildman–Crippen LogP) is 3.03. The summed E-state index contributed by atoms with van der Waals surface area (Å²) in [6.45, 7) is 13.1. The highest BCUT2D eigenvalue weighted by Crippen LogP contribution is 2.37. The van der Waals surface area contributed by atoms with Crippen LogP contribution in [0.15, 0.2) is 0 Å². The lowest BCUT2D eigenvalue weighted by atomic mass is 9.98. The third kappa shape index (κ3) is 3.45. The molecule has 2 nitrogen and oxygen atoms in total. The zero-order valence-corrected chi connectivity index (χ0v) is 12.2. The Morgan fingerprint density at radius 2 is 1.88 bits per heavy atom. The van der Waals surface area contributed by atoms with Crippen molar-refractivity contribution in [1.82, 2.24) is 10.2 Å². The first-order chi connectivity index (χ1) is 7.89. The number of likely N-dealkylation sites (tertiary alicyclic amines) is 1. The first kappa shape index (κ1) is 13.4. The maximum Gasteiger partial charge on any atom is 0.0181 e. The highest BCUT2D eigenvalue weighted by molar-refractivity contribution is 4.95. The van der Waals surface area contributed by atoms with Gasteiger partial charge in [0.25, 0.3) is 0 Å². The summed E-state index contributed by atoms with van der Waals surface area (Å²) >= 11 is 0. The summed E-state index contributed by atoms with van der Waals surface area (Å²) in [6.07, 6.45) is 7.12. The summed E-state index contributed by atoms with van der Waals surface area (Å²) in [6, 6.07) is 0. The van der Waals surface area contributed by atoms with Crippen molar-refractivity contribution in [2.24, 2.45) is 5.92 Å². The molecule has 1 aliphatic carbocycles. The normalized spacial score (nSPS) is 30.0. The topological polar surface area (TPSA) is 15.3 Å². The van der Waals surface area contributed by atoms with Gasteiger partial charge >= 0.3 is 0 Å². The number of hydrogen-bond donors (Lipinski definition) is 1. The van der Waals surface area contributed by atoms with Gasteiger partial charge in [-0.25, -0.2) is 0 Å². The van der Waals surface area contributed by atoms with Gasteiger partial charge in [-0.05, 0) is 66.0 Å². The molecule has 2 heteroatoms. The Balaban J connectivity index is 1.79. The fraction of sp³-hybridized carbons (Fsp3) is 1.00. The van der Waals surface area contributed by atoms with Crippen molar-refractivity contribution in [3.63, 3.8) is 0 Å². The van der Waals surface area contributed by atoms with E-state index in [2.05, 4.69) is 37.9 Å². The van der Waals surface area contributed by atoms with Gasteiger partial charge in [-0.2, -0.15) is 0 Å². The molecule has 0 bridgehead atoms. The van der Waals surface area contributed by atoms with E-state index in [-0.39, 0.29) is 5.54 Å². The van der Waals surface area contributed by atoms with Crippen LogP contribution in [0.5, 0.6) is 0 Å². The minimum absolute atomic E-state index is 0.269. The molecule has 1 N–H and O–H groups in total. The quantitative estimate of drug-likeness (QED) is 0.813. The van der Waals surface area contributed by atoms with Crippen LogP contribution >= 0.6 is 0 Å². The second kappa shape index (κ2) is 4.89. The molecule has 2 fully saturated rings. The van der Waals surface area contributed by atoms with E-state index < -0.39 is 0 Å². The second-order valence-corrected chi connectivity index (χ2v) is 7.44. The molecule has 1 saturated heterocycles. The van der Waals surface area contributed by atoms with E-state index in [1.54, 1.807) is 0 Å². The molecule has 1 saturated carbocycles. The molecular formula is C15H30N2. The van der Waals surface area contributed by atoms with Crippen LogP contribution in [0.3, 0.4) is 0 Å². The standard InChI is InChI=1S/C15H30N2/c1-14(2,3)16-11-13-7-10-17(12-13)15(4)8-5-6-9-15/h13,16H,5-12H2,1-4H3. The lowest BCUT2D eigenvalue weighted by molar-refractivity contribution is 0.135. The third-order valence-corrected chi connectivity index (χ3v) is 4.65. The third-order valence-electron chi connectivity index (χ3n) is 4.65. The van der Waals surface area contributed by atoms with Crippen molar-refractivity contribution >= 4 is 0 Å². The van der Waals surface area contributed by atoms with Gasteiger partial charge in [0.15, 0.2) is 0 Å². The van der Waals surface area contributed by atoms with Crippen LogP contribution in [-0.2, 0) is 0 Å². The van der Waals surface area contributed by atoms with Gasteiger partial charge in [-0.1, -0.05) is 12.8 Å². The summed E-state index contributed by atoms with van der Waals surface area (Å²) < 4.78 is 0. The summed E-state index contributed by atoms with van der Waals surface area (Å²) in [5.41, 5.74) is 0.807. The van der Waals surface area contributed by atoms with Crippen molar-refractivity contribution < 1.29 is 0 Å². The highest BCUT2D eigenvalue weighted by Gasteiger charge is 2.38. The van der Waals surface area contributed by atoms with Crippen molar-refractivity contribution in [2.75, 3.05) is 19.6 Å². The fourth-order valence-electron chi connectivity index (χ4n) is 3.39. The number of hydrogen-bond acceptors (Lipinski definition) is 2. The SMILES string of the molecule is CC(C)(C)NCC1CCN(C2(C)CCCC2)C1. The predicted molar refractivity (Wildman–Crippen MR) is 74.3 cm³/mol. The van der Waals surface area contributed by atoms with E-state index in [1.807, 2.05) is 0 Å². The molecule has 1 unspecified atom stereocenters. The fourth-order valence-corrected chi connectivity index (χ4v) is 3.39. The second-order valence-electron chi connectivity index (χ2n) is 7.44. The highest BCUT2D eigenvalue weighted by atomic mass is 15.2. The van der Waals surface area contributed by atoms with Crippen molar-refractivity contribution in [1.29, 1.82) is 0 Å². The van der Waals surface area contributed by atoms with Crippen LogP contribution in [-0.4, -0.2) is 35.6 Å². The van der Waals surface area contributed by atoms with Gasteiger partial charge in [0, 0.05) is 17.6 Å². The van der Waals surface area contributed by atoms with Gasteiger partial charge in [0.1, 0.15) is 0 Å². The number of rotatable bonds is 3. The Kier molecular flexibility index (Phi) is 3.84. The van der Waals surface area contributed by atoms with Crippen LogP contribution in [0.25, 0.3) is 0 Å². The molecule has 1 atom stereocenters. The van der Waals surface area contributed by atoms with Gasteiger partial charge in [-0.3, -0.25) is 4.90 Å². The van der Waals surface area contributed by atoms with Crippen molar-refractivity contribution in [3.05, 3.63) is 0 Å². The number of nitrogens with one attached hydrogen (secondary N) is 1. The smallest absolute Gasteiger partial charge is 0.0181 e. The Morgan fingerprint density at radius 3 is 2.47 bits per heavy atom. The van der Waals surface area contributed by atoms with E-state index in [0.717, 1.165) is 5.92 Å². The van der Waals surface area contributed by atoms with E-state index >= 15 is 0 Å². The van der Waals surface area contributed by atoms with Gasteiger partial charge < -0.3 is 5.32 Å². The zero-order valence-electron chi connectivity index (χ0n) is 12.2. The largest absolute Gasteiger partial charge is 0.312 e. The number of nitrogens with zero attached hydrogens (tertiary/aromatic N) is 1. The summed E-state index contributed by atoms with van der Waals surface area (Å²) in [7, 11) is 0. The van der Waals surface area contributed by atoms with E-state index in [9.17, 15) is 0 Å². The molecule has 17 heavy (non-hydrogen) atoms. The van der Waals surface area contributed by atoms with Crippen LogP contribution in [0.1, 0.15) is 59.8 Å². The zero-order chi connectivity index (χ0) is 12.5. The molecule has 0 aromatic heterocycles. The van der Waals surface area contributed by atoms with Crippen LogP contribution in [0.4, 0.5) is 0 Å². The summed E-state index contributed by atoms with van der Waals surface area (Å²) in [5.74, 6) is 0.867. The minimum Gasteiger partial charge on any atom is -0.312 e. The molecule has 100 valence electrons. The minimum atomic E-state index is 0.269. The first-order valence-electron chi connectivity index (χ1n) is 7.39.